The smallest absolute Gasteiger partial charge is 0.261 e. The second-order valence-corrected chi connectivity index (χ2v) is 11.7. The predicted molar refractivity (Wildman–Crippen MR) is 119 cm³/mol. The number of H-pyrrole nitrogens is 1. The number of fused-ring (bicyclic) bond motifs is 3. The zero-order chi connectivity index (χ0) is 22.7. The monoisotopic (exact) mass is 471 g/mol. The molecule has 2 atom stereocenters. The summed E-state index contributed by atoms with van der Waals surface area (Å²) in [4.78, 5) is 2.98. The number of benzene rings is 2. The summed E-state index contributed by atoms with van der Waals surface area (Å²) in [6.07, 6.45) is 2.34. The van der Waals surface area contributed by atoms with Crippen LogP contribution in [0.25, 0.3) is 10.9 Å². The van der Waals surface area contributed by atoms with E-state index in [-0.39, 0.29) is 21.9 Å². The number of hydrogen-bond acceptors (Lipinski definition) is 6. The normalized spacial score (nSPS) is 21.1. The van der Waals surface area contributed by atoms with Gasteiger partial charge < -0.3 is 10.3 Å². The number of nitriles is 1. The van der Waals surface area contributed by atoms with Crippen molar-refractivity contribution in [2.24, 2.45) is 0 Å². The van der Waals surface area contributed by atoms with E-state index in [4.69, 9.17) is 0 Å². The topological polar surface area (TPSA) is 135 Å². The largest absolute Gasteiger partial charge is 0.358 e. The summed E-state index contributed by atoms with van der Waals surface area (Å²) in [7, 11) is -7.66. The van der Waals surface area contributed by atoms with Gasteiger partial charge in [-0.25, -0.2) is 16.8 Å². The number of anilines is 1. The molecule has 2 aliphatic heterocycles. The van der Waals surface area contributed by atoms with Gasteiger partial charge in [0.15, 0.2) is 0 Å². The first-order chi connectivity index (χ1) is 15.2. The van der Waals surface area contributed by atoms with Crippen molar-refractivity contribution in [2.45, 2.75) is 35.2 Å². The summed E-state index contributed by atoms with van der Waals surface area (Å²) in [5.41, 5.74) is 2.10. The van der Waals surface area contributed by atoms with Gasteiger partial charge in [0.05, 0.1) is 26.6 Å². The van der Waals surface area contributed by atoms with Crippen LogP contribution in [0.15, 0.2) is 52.4 Å². The van der Waals surface area contributed by atoms with Crippen LogP contribution in [0.5, 0.6) is 0 Å². The Morgan fingerprint density at radius 2 is 1.81 bits per heavy atom. The lowest BCUT2D eigenvalue weighted by Crippen LogP contribution is -2.46. The average Bonchev–Trinajstić information content (AvgIpc) is 3.51. The minimum Gasteiger partial charge on any atom is -0.358 e. The number of aromatic nitrogens is 1. The SMILES string of the molecule is Cc1ccc(NS(=O)(=O)c2ccc(S(=O)(=O)N3CC4C[C@@H]3CN4)cc2)c2[nH]cc(C#N)c12. The maximum Gasteiger partial charge on any atom is 0.261 e. The summed E-state index contributed by atoms with van der Waals surface area (Å²) in [5, 5.41) is 13.2. The molecule has 3 heterocycles. The minimum atomic E-state index is -3.98. The van der Waals surface area contributed by atoms with E-state index in [0.717, 1.165) is 12.0 Å². The van der Waals surface area contributed by atoms with Crippen molar-refractivity contribution >= 4 is 36.6 Å². The van der Waals surface area contributed by atoms with Crippen LogP contribution in [0.3, 0.4) is 0 Å². The Kier molecular flexibility index (Phi) is 4.79. The van der Waals surface area contributed by atoms with Crippen LogP contribution in [0.2, 0.25) is 0 Å². The first-order valence-corrected chi connectivity index (χ1v) is 13.0. The van der Waals surface area contributed by atoms with E-state index in [9.17, 15) is 22.1 Å². The van der Waals surface area contributed by atoms with Gasteiger partial charge in [-0.15, -0.1) is 0 Å². The number of hydrogen-bond donors (Lipinski definition) is 3. The predicted octanol–water partition coefficient (Wildman–Crippen LogP) is 1.88. The maximum absolute atomic E-state index is 13.0. The van der Waals surface area contributed by atoms with E-state index in [0.29, 0.717) is 35.2 Å². The van der Waals surface area contributed by atoms with Gasteiger partial charge in [0.25, 0.3) is 10.0 Å². The van der Waals surface area contributed by atoms with E-state index < -0.39 is 20.0 Å². The third-order valence-corrected chi connectivity index (χ3v) is 9.47. The standard InChI is InChI=1S/C21H21N5O4S2/c1-13-2-7-19(21-20(13)14(9-22)10-24-21)25-31(27,28)17-3-5-18(6-4-17)32(29,30)26-12-15-8-16(26)11-23-15/h2-7,10,15-16,23-25H,8,11-12H2,1H3/t15?,16-/m1/s1. The van der Waals surface area contributed by atoms with Crippen LogP contribution in [-0.2, 0) is 20.0 Å². The zero-order valence-electron chi connectivity index (χ0n) is 17.2. The summed E-state index contributed by atoms with van der Waals surface area (Å²) >= 11 is 0. The summed E-state index contributed by atoms with van der Waals surface area (Å²) in [5.74, 6) is 0. The van der Waals surface area contributed by atoms with Crippen molar-refractivity contribution in [3.05, 3.63) is 53.7 Å². The number of piperazine rings is 1. The maximum atomic E-state index is 13.0. The molecule has 3 N–H and O–H groups in total. The van der Waals surface area contributed by atoms with Crippen LogP contribution >= 0.6 is 0 Å². The number of aromatic amines is 1. The van der Waals surface area contributed by atoms with Crippen molar-refractivity contribution in [1.82, 2.24) is 14.6 Å². The molecule has 0 saturated carbocycles. The van der Waals surface area contributed by atoms with E-state index in [1.807, 2.05) is 6.92 Å². The second-order valence-electron chi connectivity index (χ2n) is 8.14. The molecule has 0 spiro atoms. The third-order valence-electron chi connectivity index (χ3n) is 6.16. The molecule has 1 unspecified atom stereocenters. The lowest BCUT2D eigenvalue weighted by molar-refractivity contribution is 0.349. The zero-order valence-corrected chi connectivity index (χ0v) is 18.8. The van der Waals surface area contributed by atoms with Crippen LogP contribution in [-0.4, -0.2) is 51.3 Å². The van der Waals surface area contributed by atoms with Crippen LogP contribution < -0.4 is 10.0 Å². The molecule has 2 aromatic carbocycles. The van der Waals surface area contributed by atoms with Crippen LogP contribution in [0, 0.1) is 18.3 Å². The number of aryl methyl sites for hydroxylation is 1. The molecule has 0 radical (unpaired) electrons. The molecule has 2 saturated heterocycles. The molecule has 2 fully saturated rings. The van der Waals surface area contributed by atoms with Crippen molar-refractivity contribution in [2.75, 3.05) is 17.8 Å². The van der Waals surface area contributed by atoms with Crippen LogP contribution in [0.4, 0.5) is 5.69 Å². The lowest BCUT2D eigenvalue weighted by atomic mass is 10.1. The molecule has 3 aromatic rings. The van der Waals surface area contributed by atoms with Gasteiger partial charge in [0, 0.05) is 36.8 Å². The Bertz CT molecular complexity index is 1470. The first kappa shape index (κ1) is 21.0. The van der Waals surface area contributed by atoms with Gasteiger partial charge in [0.1, 0.15) is 6.07 Å². The Morgan fingerprint density at radius 1 is 1.09 bits per heavy atom. The molecule has 2 aliphatic rings. The van der Waals surface area contributed by atoms with Gasteiger partial charge in [-0.2, -0.15) is 9.57 Å². The number of sulfonamides is 2. The molecular formula is C21H21N5O4S2. The van der Waals surface area contributed by atoms with Crippen molar-refractivity contribution < 1.29 is 16.8 Å². The molecule has 0 amide bonds. The minimum absolute atomic E-state index is 0.0538. The van der Waals surface area contributed by atoms with Gasteiger partial charge in [0.2, 0.25) is 10.0 Å². The van der Waals surface area contributed by atoms with E-state index in [1.165, 1.54) is 34.8 Å². The Balaban J connectivity index is 1.43. The highest BCUT2D eigenvalue weighted by Crippen LogP contribution is 2.32. The van der Waals surface area contributed by atoms with Gasteiger partial charge in [-0.1, -0.05) is 6.07 Å². The molecule has 11 heteroatoms. The Hall–Kier alpha value is -2.91. The van der Waals surface area contributed by atoms with E-state index in [2.05, 4.69) is 21.1 Å². The molecule has 1 aromatic heterocycles. The first-order valence-electron chi connectivity index (χ1n) is 10.1. The molecule has 9 nitrogen and oxygen atoms in total. The quantitative estimate of drug-likeness (QED) is 0.520. The number of nitrogens with zero attached hydrogens (tertiary/aromatic N) is 2. The molecule has 0 aliphatic carbocycles. The number of rotatable bonds is 5. The molecule has 2 bridgehead atoms. The van der Waals surface area contributed by atoms with Gasteiger partial charge >= 0.3 is 0 Å². The van der Waals surface area contributed by atoms with Crippen molar-refractivity contribution in [3.8, 4) is 6.07 Å². The highest BCUT2D eigenvalue weighted by atomic mass is 32.2. The Morgan fingerprint density at radius 3 is 2.44 bits per heavy atom. The summed E-state index contributed by atoms with van der Waals surface area (Å²) < 4.78 is 56.0. The van der Waals surface area contributed by atoms with Crippen LogP contribution in [0.1, 0.15) is 17.5 Å². The number of nitrogens with one attached hydrogen (secondary N) is 3. The van der Waals surface area contributed by atoms with E-state index in [1.54, 1.807) is 12.1 Å². The second kappa shape index (κ2) is 7.31. The van der Waals surface area contributed by atoms with Crippen molar-refractivity contribution in [1.29, 1.82) is 5.26 Å². The molecular weight excluding hydrogens is 450 g/mol. The Labute approximate surface area is 186 Å². The molecule has 32 heavy (non-hydrogen) atoms. The van der Waals surface area contributed by atoms with E-state index >= 15 is 0 Å². The fourth-order valence-electron chi connectivity index (χ4n) is 4.54. The average molecular weight is 472 g/mol. The fraction of sp³-hybridized carbons (Fsp3) is 0.286. The van der Waals surface area contributed by atoms with Gasteiger partial charge in [-0.3, -0.25) is 4.72 Å². The third kappa shape index (κ3) is 3.27. The summed E-state index contributed by atoms with van der Waals surface area (Å²) in [6, 6.07) is 10.8. The fourth-order valence-corrected chi connectivity index (χ4v) is 7.29. The van der Waals surface area contributed by atoms with Gasteiger partial charge in [-0.05, 0) is 49.2 Å². The summed E-state index contributed by atoms with van der Waals surface area (Å²) in [6.45, 7) is 2.91. The molecule has 166 valence electrons. The highest BCUT2D eigenvalue weighted by molar-refractivity contribution is 7.92. The van der Waals surface area contributed by atoms with Crippen molar-refractivity contribution in [3.63, 3.8) is 0 Å². The highest BCUT2D eigenvalue weighted by Gasteiger charge is 2.44. The lowest BCUT2D eigenvalue weighted by Gasteiger charge is -2.26. The molecule has 5 rings (SSSR count).